The Balaban J connectivity index is 1.55. The molecular weight excluding hydrogens is 471 g/mol. The highest BCUT2D eigenvalue weighted by Crippen LogP contribution is 2.46. The van der Waals surface area contributed by atoms with Gasteiger partial charge in [0.05, 0.1) is 23.4 Å². The number of benzene rings is 2. The van der Waals surface area contributed by atoms with E-state index in [2.05, 4.69) is 17.0 Å². The molecule has 6 nitrogen and oxygen atoms in total. The van der Waals surface area contributed by atoms with Gasteiger partial charge >= 0.3 is 6.18 Å². The summed E-state index contributed by atoms with van der Waals surface area (Å²) in [5.41, 5.74) is -1.65. The van der Waals surface area contributed by atoms with Crippen LogP contribution in [0.4, 0.5) is 13.2 Å². The lowest BCUT2D eigenvalue weighted by Crippen LogP contribution is -2.56. The zero-order valence-corrected chi connectivity index (χ0v) is 19.8. The molecule has 1 amide bonds. The van der Waals surface area contributed by atoms with Gasteiger partial charge in [-0.1, -0.05) is 31.5 Å². The molecule has 0 unspecified atom stereocenters. The third-order valence-corrected chi connectivity index (χ3v) is 6.56. The number of hydrogen-bond donors (Lipinski definition) is 1. The largest absolute Gasteiger partial charge is 0.494 e. The fraction of sp³-hybridized carbons (Fsp3) is 0.370. The van der Waals surface area contributed by atoms with Gasteiger partial charge in [-0.05, 0) is 61.6 Å². The van der Waals surface area contributed by atoms with Crippen LogP contribution in [0.1, 0.15) is 49.4 Å². The smallest absolute Gasteiger partial charge is 0.438 e. The van der Waals surface area contributed by atoms with Crippen molar-refractivity contribution in [1.29, 1.82) is 0 Å². The van der Waals surface area contributed by atoms with Crippen molar-refractivity contribution in [3.05, 3.63) is 60.2 Å². The topological polar surface area (TPSA) is 75.0 Å². The predicted octanol–water partition coefficient (Wildman–Crippen LogP) is 5.94. The van der Waals surface area contributed by atoms with Crippen molar-refractivity contribution in [3.63, 3.8) is 0 Å². The van der Waals surface area contributed by atoms with E-state index < -0.39 is 24.2 Å². The van der Waals surface area contributed by atoms with E-state index in [1.165, 1.54) is 6.07 Å². The molecule has 1 aliphatic carbocycles. The standard InChI is InChI=1S/C27H26F3N3O3/c1-2-3-14-36-19-12-10-17(11-13-19)23-15-21(20-6-4-5-7-22(20)31-23)25(34)33-26(35,27(28,29)30)16-24(32-33)18-8-9-18/h4-7,10-13,15,18,35H,2-3,8-9,14,16H2,1H3/t26-/m0/s1. The van der Waals surface area contributed by atoms with Crippen molar-refractivity contribution in [2.24, 2.45) is 11.0 Å². The second-order valence-electron chi connectivity index (χ2n) is 9.27. The lowest BCUT2D eigenvalue weighted by atomic mass is 10.0. The summed E-state index contributed by atoms with van der Waals surface area (Å²) in [5.74, 6) is -0.456. The number of aliphatic hydroxyl groups is 1. The fourth-order valence-corrected chi connectivity index (χ4v) is 4.32. The highest BCUT2D eigenvalue weighted by Gasteiger charge is 2.64. The summed E-state index contributed by atoms with van der Waals surface area (Å²) in [4.78, 5) is 18.2. The van der Waals surface area contributed by atoms with Gasteiger partial charge in [-0.25, -0.2) is 4.98 Å². The summed E-state index contributed by atoms with van der Waals surface area (Å²) in [6.45, 7) is 2.68. The van der Waals surface area contributed by atoms with Crippen LogP contribution in [0.5, 0.6) is 5.75 Å². The van der Waals surface area contributed by atoms with E-state index in [1.807, 2.05) is 0 Å². The molecule has 3 aromatic rings. The van der Waals surface area contributed by atoms with Crippen molar-refractivity contribution < 1.29 is 27.8 Å². The van der Waals surface area contributed by atoms with E-state index in [1.54, 1.807) is 48.5 Å². The molecule has 5 rings (SSSR count). The molecule has 0 spiro atoms. The van der Waals surface area contributed by atoms with Crippen LogP contribution in [-0.4, -0.2) is 45.2 Å². The Morgan fingerprint density at radius 1 is 1.17 bits per heavy atom. The first-order chi connectivity index (χ1) is 17.2. The summed E-state index contributed by atoms with van der Waals surface area (Å²) < 4.78 is 47.7. The molecule has 2 heterocycles. The molecule has 1 atom stereocenters. The number of pyridine rings is 1. The van der Waals surface area contributed by atoms with Gasteiger partial charge in [-0.2, -0.15) is 23.3 Å². The number of fused-ring (bicyclic) bond motifs is 1. The minimum Gasteiger partial charge on any atom is -0.494 e. The maximum absolute atomic E-state index is 14.0. The van der Waals surface area contributed by atoms with Gasteiger partial charge in [0.15, 0.2) is 0 Å². The van der Waals surface area contributed by atoms with E-state index >= 15 is 0 Å². The molecule has 2 aliphatic rings. The third-order valence-electron chi connectivity index (χ3n) is 6.56. The van der Waals surface area contributed by atoms with Gasteiger partial charge in [-0.3, -0.25) is 4.79 Å². The molecule has 0 radical (unpaired) electrons. The van der Waals surface area contributed by atoms with Crippen LogP contribution in [0.15, 0.2) is 59.7 Å². The molecule has 36 heavy (non-hydrogen) atoms. The lowest BCUT2D eigenvalue weighted by molar-refractivity contribution is -0.297. The summed E-state index contributed by atoms with van der Waals surface area (Å²) in [6.07, 6.45) is -2.44. The number of amides is 1. The van der Waals surface area contributed by atoms with E-state index in [9.17, 15) is 23.1 Å². The van der Waals surface area contributed by atoms with Crippen molar-refractivity contribution >= 4 is 22.5 Å². The zero-order valence-electron chi connectivity index (χ0n) is 19.8. The summed E-state index contributed by atoms with van der Waals surface area (Å²) >= 11 is 0. The SMILES string of the molecule is CCCCOc1ccc(-c2cc(C(=O)N3N=C(C4CC4)C[C@]3(O)C(F)(F)F)c3ccccc3n2)cc1. The predicted molar refractivity (Wildman–Crippen MR) is 130 cm³/mol. The van der Waals surface area contributed by atoms with Gasteiger partial charge in [0.25, 0.3) is 11.6 Å². The number of carbonyl (C=O) groups excluding carboxylic acids is 1. The highest BCUT2D eigenvalue weighted by atomic mass is 19.4. The summed E-state index contributed by atoms with van der Waals surface area (Å²) in [5, 5.41) is 15.3. The Morgan fingerprint density at radius 3 is 2.56 bits per heavy atom. The van der Waals surface area contributed by atoms with Crippen LogP contribution in [0.25, 0.3) is 22.2 Å². The average Bonchev–Trinajstić information content (AvgIpc) is 3.65. The van der Waals surface area contributed by atoms with Gasteiger partial charge in [0.1, 0.15) is 5.75 Å². The molecule has 1 fully saturated rings. The number of ether oxygens (including phenoxy) is 1. The van der Waals surface area contributed by atoms with Gasteiger partial charge in [-0.15, -0.1) is 0 Å². The number of aromatic nitrogens is 1. The fourth-order valence-electron chi connectivity index (χ4n) is 4.32. The van der Waals surface area contributed by atoms with Crippen molar-refractivity contribution in [1.82, 2.24) is 9.99 Å². The molecule has 1 N–H and O–H groups in total. The van der Waals surface area contributed by atoms with Gasteiger partial charge in [0.2, 0.25) is 0 Å². The first-order valence-corrected chi connectivity index (χ1v) is 12.1. The van der Waals surface area contributed by atoms with Gasteiger partial charge in [0, 0.05) is 23.1 Å². The number of hydrogen-bond acceptors (Lipinski definition) is 5. The van der Waals surface area contributed by atoms with Crippen molar-refractivity contribution in [2.75, 3.05) is 6.61 Å². The van der Waals surface area contributed by atoms with Crippen LogP contribution in [0.2, 0.25) is 0 Å². The van der Waals surface area contributed by atoms with E-state index in [4.69, 9.17) is 4.74 Å². The number of alkyl halides is 3. The Labute approximate surface area is 206 Å². The Morgan fingerprint density at radius 2 is 1.89 bits per heavy atom. The van der Waals surface area contributed by atoms with E-state index in [0.717, 1.165) is 12.8 Å². The van der Waals surface area contributed by atoms with E-state index in [0.29, 0.717) is 47.4 Å². The number of para-hydroxylation sites is 1. The second-order valence-corrected chi connectivity index (χ2v) is 9.27. The van der Waals surface area contributed by atoms with Crippen LogP contribution >= 0.6 is 0 Å². The van der Waals surface area contributed by atoms with Crippen LogP contribution < -0.4 is 4.74 Å². The van der Waals surface area contributed by atoms with E-state index in [-0.39, 0.29) is 22.2 Å². The molecule has 2 aromatic carbocycles. The molecular formula is C27H26F3N3O3. The Hall–Kier alpha value is -3.46. The van der Waals surface area contributed by atoms with Crippen molar-refractivity contribution in [2.45, 2.75) is 50.9 Å². The number of unbranched alkanes of at least 4 members (excludes halogenated alkanes) is 1. The lowest BCUT2D eigenvalue weighted by Gasteiger charge is -2.32. The Kier molecular flexibility index (Phi) is 6.20. The maximum atomic E-state index is 14.0. The normalized spacial score (nSPS) is 20.0. The molecule has 0 bridgehead atoms. The second kappa shape index (κ2) is 9.20. The zero-order chi connectivity index (χ0) is 25.5. The minimum atomic E-state index is -5.07. The molecule has 1 aliphatic heterocycles. The van der Waals surface area contributed by atoms with Gasteiger partial charge < -0.3 is 9.84 Å². The number of hydrazone groups is 1. The molecule has 0 saturated heterocycles. The first kappa shape index (κ1) is 24.2. The van der Waals surface area contributed by atoms with Crippen LogP contribution in [0.3, 0.4) is 0 Å². The molecule has 9 heteroatoms. The monoisotopic (exact) mass is 497 g/mol. The number of halogens is 3. The maximum Gasteiger partial charge on any atom is 0.438 e. The first-order valence-electron chi connectivity index (χ1n) is 12.1. The number of nitrogens with zero attached hydrogens (tertiary/aromatic N) is 3. The minimum absolute atomic E-state index is 0.0117. The Bertz CT molecular complexity index is 1320. The van der Waals surface area contributed by atoms with Crippen molar-refractivity contribution in [3.8, 4) is 17.0 Å². The molecule has 188 valence electrons. The highest BCUT2D eigenvalue weighted by molar-refractivity contribution is 6.08. The average molecular weight is 498 g/mol. The third kappa shape index (κ3) is 4.43. The molecule has 1 saturated carbocycles. The molecule has 1 aromatic heterocycles. The number of rotatable bonds is 7. The summed E-state index contributed by atoms with van der Waals surface area (Å²) in [7, 11) is 0. The quantitative estimate of drug-likeness (QED) is 0.410. The summed E-state index contributed by atoms with van der Waals surface area (Å²) in [6, 6.07) is 15.4. The van der Waals surface area contributed by atoms with Crippen LogP contribution in [0, 0.1) is 5.92 Å². The number of carbonyl (C=O) groups is 1. The van der Waals surface area contributed by atoms with Crippen LogP contribution in [-0.2, 0) is 0 Å².